The maximum atomic E-state index is 13.3. The van der Waals surface area contributed by atoms with E-state index >= 15 is 0 Å². The monoisotopic (exact) mass is 1040 g/mol. The summed E-state index contributed by atoms with van der Waals surface area (Å²) >= 11 is 0. The molecule has 3 aromatic heterocycles. The highest BCUT2D eigenvalue weighted by atomic mass is 16.2. The second-order valence-corrected chi connectivity index (χ2v) is 19.5. The number of aromatic nitrogens is 4. The van der Waals surface area contributed by atoms with E-state index < -0.39 is 0 Å². The number of nitrogens with one attached hydrogen (secondary N) is 2. The standard InChI is InChI=1S/C68H38N4O8/c73-45-13-25-61(77)49(33-45)37-5-1-9-41(29-37)65-53-17-19-55(69-53)66(42-10-2-6-38(30-42)50-34-46(74)14-26-62(50)78)57-21-23-59(71-57)68(44-12-4-8-40(32-44)52-36-48(76)16-28-64(52)80)60-24-22-58(72-60)67(56-20-18-54(65)70-56)43-11-3-7-39(31-43)51-35-47(75)15-27-63(51)79/h1-36,69,72H. The number of rotatable bonds is 8. The van der Waals surface area contributed by atoms with Gasteiger partial charge >= 0.3 is 0 Å². The van der Waals surface area contributed by atoms with E-state index in [1.54, 1.807) is 24.3 Å². The molecule has 13 rings (SSSR count). The van der Waals surface area contributed by atoms with Crippen molar-refractivity contribution in [2.45, 2.75) is 0 Å². The molecule has 12 nitrogen and oxygen atoms in total. The highest BCUT2D eigenvalue weighted by Crippen LogP contribution is 2.41. The lowest BCUT2D eigenvalue weighted by molar-refractivity contribution is -0.113. The van der Waals surface area contributed by atoms with Crippen LogP contribution in [0.4, 0.5) is 0 Å². The first kappa shape index (κ1) is 48.4. The Morgan fingerprint density at radius 2 is 0.475 bits per heavy atom. The van der Waals surface area contributed by atoms with Gasteiger partial charge in [0, 0.05) is 66.6 Å². The molecule has 0 unspecified atom stereocenters. The number of fused-ring (bicyclic) bond motifs is 8. The largest absolute Gasteiger partial charge is 0.354 e. The van der Waals surface area contributed by atoms with Gasteiger partial charge in [0.1, 0.15) is 0 Å². The summed E-state index contributed by atoms with van der Waals surface area (Å²) in [4.78, 5) is 122. The topological polar surface area (TPSA) is 194 Å². The molecule has 80 heavy (non-hydrogen) atoms. The van der Waals surface area contributed by atoms with E-state index in [0.29, 0.717) is 112 Å². The Morgan fingerprint density at radius 1 is 0.250 bits per heavy atom. The number of ketones is 8. The lowest BCUT2D eigenvalue weighted by Crippen LogP contribution is -2.06. The Hall–Kier alpha value is -11.2. The van der Waals surface area contributed by atoms with Crippen LogP contribution >= 0.6 is 0 Å². The van der Waals surface area contributed by atoms with Crippen LogP contribution in [0.25, 0.3) is 113 Å². The van der Waals surface area contributed by atoms with E-state index in [2.05, 4.69) is 9.97 Å². The van der Waals surface area contributed by atoms with Gasteiger partial charge in [-0.3, -0.25) is 38.4 Å². The normalized spacial score (nSPS) is 15.7. The summed E-state index contributed by atoms with van der Waals surface area (Å²) in [5.74, 6) is -2.49. The molecule has 378 valence electrons. The summed E-state index contributed by atoms with van der Waals surface area (Å²) in [5.41, 5.74) is 12.8. The van der Waals surface area contributed by atoms with E-state index in [0.717, 1.165) is 0 Å². The van der Waals surface area contributed by atoms with Crippen molar-refractivity contribution >= 4 is 115 Å². The zero-order valence-corrected chi connectivity index (χ0v) is 41.9. The van der Waals surface area contributed by atoms with Crippen molar-refractivity contribution in [3.05, 3.63) is 239 Å². The van der Waals surface area contributed by atoms with Crippen molar-refractivity contribution < 1.29 is 38.4 Å². The molecule has 0 fully saturated rings. The molecule has 0 radical (unpaired) electrons. The smallest absolute Gasteiger partial charge is 0.186 e. The van der Waals surface area contributed by atoms with Crippen LogP contribution < -0.4 is 0 Å². The third-order valence-electron chi connectivity index (χ3n) is 14.4. The molecule has 0 atom stereocenters. The lowest BCUT2D eigenvalue weighted by Gasteiger charge is -2.12. The molecule has 7 aromatic rings. The SMILES string of the molecule is O=C1C=CC(=O)C(c2cccc(-c3c4nc(c(-c5cccc(C6=CC(=O)C=CC6=O)c5)c5ccc([nH]5)c(-c5cccc(C6=CC(=O)C=CC6=O)c5)c5nc(c(-c6cccc(C7=CC(=O)C=CC7=O)c6)c6ccc3[nH]6)C=C5)C=C4)c2)=C1. The Balaban J connectivity index is 1.14. The van der Waals surface area contributed by atoms with Crippen LogP contribution in [0.5, 0.6) is 0 Å². The Morgan fingerprint density at radius 3 is 0.713 bits per heavy atom. The van der Waals surface area contributed by atoms with Gasteiger partial charge in [-0.15, -0.1) is 0 Å². The number of allylic oxidation sites excluding steroid dienone is 16. The number of carbonyl (C=O) groups is 8. The maximum Gasteiger partial charge on any atom is 0.186 e. The number of hydrogen-bond donors (Lipinski definition) is 2. The van der Waals surface area contributed by atoms with Gasteiger partial charge in [0.2, 0.25) is 0 Å². The molecule has 6 aliphatic rings. The predicted octanol–water partition coefficient (Wildman–Crippen LogP) is 11.7. The van der Waals surface area contributed by atoms with Crippen LogP contribution in [0, 0.1) is 0 Å². The summed E-state index contributed by atoms with van der Waals surface area (Å²) in [6.07, 6.45) is 22.9. The third kappa shape index (κ3) is 8.84. The average Bonchev–Trinajstić information content (AvgIpc) is 4.40. The van der Waals surface area contributed by atoms with E-state index in [1.165, 1.54) is 72.9 Å². The van der Waals surface area contributed by atoms with Gasteiger partial charge in [-0.2, -0.15) is 0 Å². The Labute approximate surface area is 455 Å². The van der Waals surface area contributed by atoms with Gasteiger partial charge in [0.15, 0.2) is 46.3 Å². The summed E-state index contributed by atoms with van der Waals surface area (Å²) in [5, 5.41) is 0. The fourth-order valence-electron chi connectivity index (χ4n) is 10.7. The van der Waals surface area contributed by atoms with Crippen LogP contribution in [0.1, 0.15) is 45.0 Å². The lowest BCUT2D eigenvalue weighted by atomic mass is 9.93. The van der Waals surface area contributed by atoms with Crippen molar-refractivity contribution in [2.24, 2.45) is 0 Å². The minimum atomic E-state index is -0.314. The summed E-state index contributed by atoms with van der Waals surface area (Å²) in [6, 6.07) is 37.0. The molecule has 12 heteroatoms. The molecule has 0 amide bonds. The van der Waals surface area contributed by atoms with E-state index in [-0.39, 0.29) is 68.6 Å². The van der Waals surface area contributed by atoms with Gasteiger partial charge in [-0.05, 0) is 190 Å². The van der Waals surface area contributed by atoms with Gasteiger partial charge in [-0.1, -0.05) is 72.8 Å². The maximum absolute atomic E-state index is 13.3. The van der Waals surface area contributed by atoms with Crippen LogP contribution in [-0.2, 0) is 38.4 Å². The molecular weight excluding hydrogens is 1000 g/mol. The molecule has 4 aliphatic carbocycles. The van der Waals surface area contributed by atoms with E-state index in [4.69, 9.17) is 9.97 Å². The molecule has 2 aliphatic heterocycles. The molecule has 5 heterocycles. The Kier molecular flexibility index (Phi) is 11.7. The first-order valence-corrected chi connectivity index (χ1v) is 25.4. The van der Waals surface area contributed by atoms with Gasteiger partial charge in [-0.25, -0.2) is 9.97 Å². The van der Waals surface area contributed by atoms with Crippen LogP contribution in [0.15, 0.2) is 194 Å². The highest BCUT2D eigenvalue weighted by Gasteiger charge is 2.24. The second kappa shape index (κ2) is 19.4. The van der Waals surface area contributed by atoms with E-state index in [1.807, 2.05) is 121 Å². The van der Waals surface area contributed by atoms with Crippen LogP contribution in [-0.4, -0.2) is 66.2 Å². The number of benzene rings is 4. The zero-order valence-electron chi connectivity index (χ0n) is 41.9. The first-order chi connectivity index (χ1) is 38.9. The van der Waals surface area contributed by atoms with Gasteiger partial charge < -0.3 is 9.97 Å². The number of nitrogens with zero attached hydrogens (tertiary/aromatic N) is 2. The molecule has 0 saturated carbocycles. The van der Waals surface area contributed by atoms with E-state index in [9.17, 15) is 38.4 Å². The minimum Gasteiger partial charge on any atom is -0.354 e. The zero-order chi connectivity index (χ0) is 54.8. The molecule has 0 saturated heterocycles. The van der Waals surface area contributed by atoms with Crippen LogP contribution in [0.3, 0.4) is 0 Å². The summed E-state index contributed by atoms with van der Waals surface area (Å²) in [6.45, 7) is 0. The molecule has 2 N–H and O–H groups in total. The van der Waals surface area contributed by atoms with Gasteiger partial charge in [0.25, 0.3) is 0 Å². The number of aromatic amines is 2. The average molecular weight is 1040 g/mol. The molecule has 0 spiro atoms. The number of hydrogen-bond acceptors (Lipinski definition) is 10. The number of carbonyl (C=O) groups excluding carboxylic acids is 8. The van der Waals surface area contributed by atoms with Crippen molar-refractivity contribution in [2.75, 3.05) is 0 Å². The quantitative estimate of drug-likeness (QED) is 0.138. The summed E-state index contributed by atoms with van der Waals surface area (Å²) in [7, 11) is 0. The first-order valence-electron chi connectivity index (χ1n) is 25.4. The van der Waals surface area contributed by atoms with Crippen molar-refractivity contribution in [1.82, 2.24) is 19.9 Å². The fraction of sp³-hybridized carbons (Fsp3) is 0. The third-order valence-corrected chi connectivity index (χ3v) is 14.4. The second-order valence-electron chi connectivity index (χ2n) is 19.5. The minimum absolute atomic E-state index is 0.241. The molecular formula is C68H38N4O8. The molecule has 8 bridgehead atoms. The Bertz CT molecular complexity index is 4050. The van der Waals surface area contributed by atoms with Crippen molar-refractivity contribution in [1.29, 1.82) is 0 Å². The predicted molar refractivity (Wildman–Crippen MR) is 309 cm³/mol. The molecule has 4 aromatic carbocycles. The fourth-order valence-corrected chi connectivity index (χ4v) is 10.7. The van der Waals surface area contributed by atoms with Gasteiger partial charge in [0.05, 0.1) is 22.8 Å². The van der Waals surface area contributed by atoms with Crippen molar-refractivity contribution in [3.8, 4) is 44.5 Å². The summed E-state index contributed by atoms with van der Waals surface area (Å²) < 4.78 is 0. The van der Waals surface area contributed by atoms with Crippen molar-refractivity contribution in [3.63, 3.8) is 0 Å². The highest BCUT2D eigenvalue weighted by molar-refractivity contribution is 6.36. The number of H-pyrrole nitrogens is 2. The van der Waals surface area contributed by atoms with Crippen LogP contribution in [0.2, 0.25) is 0 Å².